The Morgan fingerprint density at radius 1 is 1.40 bits per heavy atom. The number of benzene rings is 1. The number of likely N-dealkylation sites (tertiary alicyclic amines) is 1. The lowest BCUT2D eigenvalue weighted by Crippen LogP contribution is -2.39. The molecule has 1 atom stereocenters. The lowest BCUT2D eigenvalue weighted by molar-refractivity contribution is -0.134. The number of nitrogens with zero attached hydrogens (tertiary/aromatic N) is 2. The van der Waals surface area contributed by atoms with Crippen molar-refractivity contribution in [1.82, 2.24) is 4.90 Å². The standard InChI is InChI=1S/C16H16N2O2/c17-10-12-5-7-18(16(19)9-12)8-6-13-11-20-15-4-2-1-3-14(13)15/h1-4,11-12H,5-9H2. The van der Waals surface area contributed by atoms with Crippen molar-refractivity contribution in [3.8, 4) is 6.07 Å². The Hall–Kier alpha value is -2.28. The highest BCUT2D eigenvalue weighted by Crippen LogP contribution is 2.22. The number of fused-ring (bicyclic) bond motifs is 1. The van der Waals surface area contributed by atoms with E-state index in [0.29, 0.717) is 19.5 Å². The third-order valence-electron chi connectivity index (χ3n) is 3.92. The highest BCUT2D eigenvalue weighted by atomic mass is 16.3. The van der Waals surface area contributed by atoms with E-state index in [2.05, 4.69) is 6.07 Å². The molecule has 0 saturated carbocycles. The molecule has 1 saturated heterocycles. The van der Waals surface area contributed by atoms with Crippen LogP contribution in [0, 0.1) is 17.2 Å². The zero-order chi connectivity index (χ0) is 13.9. The summed E-state index contributed by atoms with van der Waals surface area (Å²) < 4.78 is 5.50. The molecule has 1 fully saturated rings. The quantitative estimate of drug-likeness (QED) is 0.860. The van der Waals surface area contributed by atoms with Crippen LogP contribution in [0.5, 0.6) is 0 Å². The molecule has 20 heavy (non-hydrogen) atoms. The van der Waals surface area contributed by atoms with E-state index in [1.54, 1.807) is 6.26 Å². The summed E-state index contributed by atoms with van der Waals surface area (Å²) >= 11 is 0. The first-order valence-electron chi connectivity index (χ1n) is 6.90. The fourth-order valence-electron chi connectivity index (χ4n) is 2.71. The van der Waals surface area contributed by atoms with Crippen molar-refractivity contribution < 1.29 is 9.21 Å². The van der Waals surface area contributed by atoms with Crippen molar-refractivity contribution in [1.29, 1.82) is 5.26 Å². The lowest BCUT2D eigenvalue weighted by Gasteiger charge is -2.28. The van der Waals surface area contributed by atoms with Gasteiger partial charge in [0.1, 0.15) is 5.58 Å². The van der Waals surface area contributed by atoms with Crippen LogP contribution in [-0.2, 0) is 11.2 Å². The average Bonchev–Trinajstić information content (AvgIpc) is 2.89. The van der Waals surface area contributed by atoms with E-state index in [0.717, 1.165) is 29.4 Å². The first-order chi connectivity index (χ1) is 9.78. The summed E-state index contributed by atoms with van der Waals surface area (Å²) in [5.74, 6) is -0.0101. The number of para-hydroxylation sites is 1. The number of carbonyl (C=O) groups is 1. The minimum absolute atomic E-state index is 0.0931. The number of hydrogen-bond donors (Lipinski definition) is 0. The van der Waals surface area contributed by atoms with E-state index in [1.165, 1.54) is 0 Å². The molecule has 1 aliphatic rings. The zero-order valence-electron chi connectivity index (χ0n) is 11.2. The summed E-state index contributed by atoms with van der Waals surface area (Å²) in [6.45, 7) is 1.38. The van der Waals surface area contributed by atoms with Gasteiger partial charge in [-0.05, 0) is 24.5 Å². The Balaban J connectivity index is 1.65. The highest BCUT2D eigenvalue weighted by Gasteiger charge is 2.25. The van der Waals surface area contributed by atoms with Gasteiger partial charge in [0.2, 0.25) is 5.91 Å². The molecule has 0 aliphatic carbocycles. The molecule has 1 unspecified atom stereocenters. The molecule has 1 aromatic carbocycles. The van der Waals surface area contributed by atoms with Crippen LogP contribution in [0.25, 0.3) is 11.0 Å². The van der Waals surface area contributed by atoms with Crippen LogP contribution in [0.3, 0.4) is 0 Å². The number of amides is 1. The van der Waals surface area contributed by atoms with Gasteiger partial charge >= 0.3 is 0 Å². The summed E-state index contributed by atoms with van der Waals surface area (Å²) in [7, 11) is 0. The van der Waals surface area contributed by atoms with Gasteiger partial charge in [-0.25, -0.2) is 0 Å². The summed E-state index contributed by atoms with van der Waals surface area (Å²) in [4.78, 5) is 13.8. The van der Waals surface area contributed by atoms with Crippen LogP contribution in [0.4, 0.5) is 0 Å². The van der Waals surface area contributed by atoms with Gasteiger partial charge in [0.05, 0.1) is 18.3 Å². The van der Waals surface area contributed by atoms with Crippen LogP contribution in [0.1, 0.15) is 18.4 Å². The van der Waals surface area contributed by atoms with E-state index in [9.17, 15) is 4.79 Å². The fourth-order valence-corrected chi connectivity index (χ4v) is 2.71. The smallest absolute Gasteiger partial charge is 0.223 e. The second-order valence-corrected chi connectivity index (χ2v) is 5.21. The van der Waals surface area contributed by atoms with Gasteiger partial charge in [-0.15, -0.1) is 0 Å². The van der Waals surface area contributed by atoms with Crippen molar-refractivity contribution in [2.75, 3.05) is 13.1 Å². The summed E-state index contributed by atoms with van der Waals surface area (Å²) in [5.41, 5.74) is 2.02. The second-order valence-electron chi connectivity index (χ2n) is 5.21. The molecular weight excluding hydrogens is 252 g/mol. The molecule has 1 aliphatic heterocycles. The van der Waals surface area contributed by atoms with E-state index >= 15 is 0 Å². The number of carbonyl (C=O) groups excluding carboxylic acids is 1. The molecule has 4 nitrogen and oxygen atoms in total. The molecule has 102 valence electrons. The molecule has 2 aromatic rings. The van der Waals surface area contributed by atoms with Gasteiger partial charge in [0.15, 0.2) is 0 Å². The number of nitriles is 1. The minimum atomic E-state index is -0.103. The maximum absolute atomic E-state index is 11.9. The van der Waals surface area contributed by atoms with E-state index in [-0.39, 0.29) is 11.8 Å². The number of furan rings is 1. The Labute approximate surface area is 117 Å². The summed E-state index contributed by atoms with van der Waals surface area (Å²) in [5, 5.41) is 9.98. The highest BCUT2D eigenvalue weighted by molar-refractivity contribution is 5.81. The predicted molar refractivity (Wildman–Crippen MR) is 74.8 cm³/mol. The molecule has 4 heteroatoms. The van der Waals surface area contributed by atoms with Gasteiger partial charge < -0.3 is 9.32 Å². The van der Waals surface area contributed by atoms with E-state index < -0.39 is 0 Å². The Morgan fingerprint density at radius 3 is 3.05 bits per heavy atom. The molecule has 1 aromatic heterocycles. The minimum Gasteiger partial charge on any atom is -0.464 e. The second kappa shape index (κ2) is 5.38. The molecular formula is C16H16N2O2. The van der Waals surface area contributed by atoms with E-state index in [4.69, 9.17) is 9.68 Å². The molecule has 0 radical (unpaired) electrons. The molecule has 0 bridgehead atoms. The first kappa shape index (κ1) is 12.7. The molecule has 3 rings (SSSR count). The summed E-state index contributed by atoms with van der Waals surface area (Å²) in [6, 6.07) is 10.1. The topological polar surface area (TPSA) is 57.2 Å². The molecule has 1 amide bonds. The van der Waals surface area contributed by atoms with Gasteiger partial charge in [0, 0.05) is 24.9 Å². The Bertz CT molecular complexity index is 668. The normalized spacial score (nSPS) is 19.2. The van der Waals surface area contributed by atoms with Crippen LogP contribution in [0.15, 0.2) is 34.9 Å². The number of rotatable bonds is 3. The van der Waals surface area contributed by atoms with Crippen LogP contribution in [0.2, 0.25) is 0 Å². The van der Waals surface area contributed by atoms with Crippen LogP contribution >= 0.6 is 0 Å². The Kier molecular flexibility index (Phi) is 3.42. The summed E-state index contributed by atoms with van der Waals surface area (Å²) in [6.07, 6.45) is 3.72. The maximum Gasteiger partial charge on any atom is 0.223 e. The van der Waals surface area contributed by atoms with Crippen molar-refractivity contribution in [2.45, 2.75) is 19.3 Å². The maximum atomic E-state index is 11.9. The van der Waals surface area contributed by atoms with Gasteiger partial charge in [0.25, 0.3) is 0 Å². The SMILES string of the molecule is N#CC1CCN(CCc2coc3ccccc23)C(=O)C1. The van der Waals surface area contributed by atoms with Crippen molar-refractivity contribution in [2.24, 2.45) is 5.92 Å². The average molecular weight is 268 g/mol. The van der Waals surface area contributed by atoms with Gasteiger partial charge in [-0.1, -0.05) is 18.2 Å². The zero-order valence-corrected chi connectivity index (χ0v) is 11.2. The fraction of sp³-hybridized carbons (Fsp3) is 0.375. The van der Waals surface area contributed by atoms with Crippen molar-refractivity contribution in [3.05, 3.63) is 36.1 Å². The monoisotopic (exact) mass is 268 g/mol. The largest absolute Gasteiger partial charge is 0.464 e. The van der Waals surface area contributed by atoms with E-state index in [1.807, 2.05) is 29.2 Å². The van der Waals surface area contributed by atoms with Gasteiger partial charge in [-0.3, -0.25) is 4.79 Å². The lowest BCUT2D eigenvalue weighted by atomic mass is 9.97. The first-order valence-corrected chi connectivity index (χ1v) is 6.90. The molecule has 0 spiro atoms. The van der Waals surface area contributed by atoms with Crippen molar-refractivity contribution >= 4 is 16.9 Å². The van der Waals surface area contributed by atoms with Crippen molar-refractivity contribution in [3.63, 3.8) is 0 Å². The third kappa shape index (κ3) is 2.39. The Morgan fingerprint density at radius 2 is 2.25 bits per heavy atom. The molecule has 0 N–H and O–H groups in total. The predicted octanol–water partition coefficient (Wildman–Crippen LogP) is 2.74. The van der Waals surface area contributed by atoms with Gasteiger partial charge in [-0.2, -0.15) is 5.26 Å². The third-order valence-corrected chi connectivity index (χ3v) is 3.92. The number of hydrogen-bond acceptors (Lipinski definition) is 3. The number of piperidine rings is 1. The van der Waals surface area contributed by atoms with Crippen LogP contribution in [-0.4, -0.2) is 23.9 Å². The van der Waals surface area contributed by atoms with Crippen LogP contribution < -0.4 is 0 Å². The molecule has 2 heterocycles.